The number of benzene rings is 2. The van der Waals surface area contributed by atoms with Crippen molar-refractivity contribution in [2.24, 2.45) is 0 Å². The Morgan fingerprint density at radius 3 is 2.59 bits per heavy atom. The first-order valence-electron chi connectivity index (χ1n) is 6.93. The van der Waals surface area contributed by atoms with E-state index in [-0.39, 0.29) is 11.7 Å². The van der Waals surface area contributed by atoms with Gasteiger partial charge in [-0.1, -0.05) is 42.2 Å². The topological polar surface area (TPSA) is 29.1 Å². The summed E-state index contributed by atoms with van der Waals surface area (Å²) in [6, 6.07) is 16.2. The van der Waals surface area contributed by atoms with Gasteiger partial charge in [-0.15, -0.1) is 11.8 Å². The summed E-state index contributed by atoms with van der Waals surface area (Å²) < 4.78 is 13.4. The minimum absolute atomic E-state index is 0.0776. The Morgan fingerprint density at radius 2 is 1.82 bits per heavy atom. The fourth-order valence-electron chi connectivity index (χ4n) is 1.71. The van der Waals surface area contributed by atoms with E-state index in [0.29, 0.717) is 23.6 Å². The molecule has 2 aromatic rings. The lowest BCUT2D eigenvalue weighted by Gasteiger charge is -2.03. The van der Waals surface area contributed by atoms with Crippen LogP contribution in [0.5, 0.6) is 0 Å². The highest BCUT2D eigenvalue weighted by Gasteiger charge is 2.03. The van der Waals surface area contributed by atoms with Gasteiger partial charge in [-0.05, 0) is 24.3 Å². The summed E-state index contributed by atoms with van der Waals surface area (Å²) in [5, 5.41) is 2.73. The van der Waals surface area contributed by atoms with E-state index < -0.39 is 0 Å². The molecule has 0 heterocycles. The molecule has 0 unspecified atom stereocenters. The monoisotopic (exact) mass is 313 g/mol. The van der Waals surface area contributed by atoms with Crippen molar-refractivity contribution in [2.75, 3.05) is 12.3 Å². The van der Waals surface area contributed by atoms with Crippen LogP contribution in [-0.2, 0) is 4.79 Å². The van der Waals surface area contributed by atoms with Crippen LogP contribution in [0.2, 0.25) is 0 Å². The van der Waals surface area contributed by atoms with Gasteiger partial charge in [0.15, 0.2) is 0 Å². The van der Waals surface area contributed by atoms with E-state index >= 15 is 0 Å². The van der Waals surface area contributed by atoms with Crippen LogP contribution in [0.15, 0.2) is 59.5 Å². The van der Waals surface area contributed by atoms with Crippen molar-refractivity contribution < 1.29 is 9.18 Å². The highest BCUT2D eigenvalue weighted by Crippen LogP contribution is 2.21. The first kappa shape index (κ1) is 16.1. The molecule has 4 heteroatoms. The molecule has 0 aliphatic rings. The third-order valence-electron chi connectivity index (χ3n) is 2.80. The molecule has 0 spiro atoms. The Balaban J connectivity index is 1.66. The zero-order chi connectivity index (χ0) is 15.6. The molecule has 2 rings (SSSR count). The van der Waals surface area contributed by atoms with Gasteiger partial charge in [0.05, 0.1) is 6.54 Å². The molecule has 1 N–H and O–H groups in total. The second-order valence-corrected chi connectivity index (χ2v) is 5.61. The standard InChI is InChI=1S/C18H16FNOS/c19-16-10-4-5-11-17(16)22-14-12-18(21)20-13-6-9-15-7-2-1-3-8-15/h1-5,7-8,10-11H,12-14H2,(H,20,21). The molecule has 0 saturated heterocycles. The third kappa shape index (κ3) is 5.63. The molecule has 0 aliphatic carbocycles. The van der Waals surface area contributed by atoms with Crippen LogP contribution in [-0.4, -0.2) is 18.2 Å². The maximum atomic E-state index is 13.4. The van der Waals surface area contributed by atoms with E-state index in [4.69, 9.17) is 0 Å². The summed E-state index contributed by atoms with van der Waals surface area (Å²) in [5.74, 6) is 6.09. The molecular weight excluding hydrogens is 297 g/mol. The quantitative estimate of drug-likeness (QED) is 0.676. The van der Waals surface area contributed by atoms with E-state index in [1.165, 1.54) is 17.8 Å². The number of hydrogen-bond donors (Lipinski definition) is 1. The zero-order valence-electron chi connectivity index (χ0n) is 12.0. The highest BCUT2D eigenvalue weighted by molar-refractivity contribution is 7.99. The minimum Gasteiger partial charge on any atom is -0.345 e. The van der Waals surface area contributed by atoms with E-state index in [1.807, 2.05) is 30.3 Å². The van der Waals surface area contributed by atoms with Gasteiger partial charge in [-0.25, -0.2) is 4.39 Å². The molecule has 1 amide bonds. The van der Waals surface area contributed by atoms with Gasteiger partial charge in [0.2, 0.25) is 5.91 Å². The number of halogens is 1. The molecule has 2 aromatic carbocycles. The van der Waals surface area contributed by atoms with Crippen molar-refractivity contribution in [3.05, 3.63) is 66.0 Å². The van der Waals surface area contributed by atoms with Crippen molar-refractivity contribution in [3.63, 3.8) is 0 Å². The fourth-order valence-corrected chi connectivity index (χ4v) is 2.60. The van der Waals surface area contributed by atoms with Crippen LogP contribution >= 0.6 is 11.8 Å². The number of nitrogens with one attached hydrogen (secondary N) is 1. The molecule has 22 heavy (non-hydrogen) atoms. The van der Waals surface area contributed by atoms with E-state index in [2.05, 4.69) is 17.2 Å². The molecule has 0 fully saturated rings. The Kier molecular flexibility index (Phi) is 6.53. The summed E-state index contributed by atoms with van der Waals surface area (Å²) in [7, 11) is 0. The summed E-state index contributed by atoms with van der Waals surface area (Å²) in [4.78, 5) is 12.2. The van der Waals surface area contributed by atoms with Crippen LogP contribution < -0.4 is 5.32 Å². The van der Waals surface area contributed by atoms with E-state index in [9.17, 15) is 9.18 Å². The molecule has 0 aromatic heterocycles. The van der Waals surface area contributed by atoms with Gasteiger partial charge < -0.3 is 5.32 Å². The van der Waals surface area contributed by atoms with Gasteiger partial charge in [-0.3, -0.25) is 4.79 Å². The zero-order valence-corrected chi connectivity index (χ0v) is 12.8. The maximum absolute atomic E-state index is 13.4. The minimum atomic E-state index is -0.248. The average molecular weight is 313 g/mol. The van der Waals surface area contributed by atoms with Gasteiger partial charge in [0.1, 0.15) is 5.82 Å². The second kappa shape index (κ2) is 8.91. The van der Waals surface area contributed by atoms with Crippen LogP contribution in [0, 0.1) is 17.7 Å². The number of rotatable bonds is 5. The smallest absolute Gasteiger partial charge is 0.221 e. The predicted octanol–water partition coefficient (Wildman–Crippen LogP) is 3.48. The van der Waals surface area contributed by atoms with Crippen LogP contribution in [0.1, 0.15) is 12.0 Å². The van der Waals surface area contributed by atoms with Crippen LogP contribution in [0.4, 0.5) is 4.39 Å². The molecule has 0 saturated carbocycles. The highest BCUT2D eigenvalue weighted by atomic mass is 32.2. The molecule has 2 nitrogen and oxygen atoms in total. The first-order valence-corrected chi connectivity index (χ1v) is 7.92. The molecule has 0 atom stereocenters. The number of carbonyl (C=O) groups excluding carboxylic acids is 1. The lowest BCUT2D eigenvalue weighted by Crippen LogP contribution is -2.23. The summed E-state index contributed by atoms with van der Waals surface area (Å²) in [5.41, 5.74) is 0.923. The van der Waals surface area contributed by atoms with Gasteiger partial charge in [-0.2, -0.15) is 0 Å². The van der Waals surface area contributed by atoms with Crippen LogP contribution in [0.3, 0.4) is 0 Å². The lowest BCUT2D eigenvalue weighted by atomic mass is 10.2. The largest absolute Gasteiger partial charge is 0.345 e. The van der Waals surface area contributed by atoms with Gasteiger partial charge >= 0.3 is 0 Å². The van der Waals surface area contributed by atoms with Crippen molar-refractivity contribution in [1.29, 1.82) is 0 Å². The number of thioether (sulfide) groups is 1. The third-order valence-corrected chi connectivity index (χ3v) is 3.85. The lowest BCUT2D eigenvalue weighted by molar-refractivity contribution is -0.120. The average Bonchev–Trinajstić information content (AvgIpc) is 2.54. The summed E-state index contributed by atoms with van der Waals surface area (Å²) >= 11 is 1.34. The molecular formula is C18H16FNOS. The maximum Gasteiger partial charge on any atom is 0.221 e. The molecule has 0 bridgehead atoms. The normalized spacial score (nSPS) is 9.68. The van der Waals surface area contributed by atoms with Gasteiger partial charge in [0.25, 0.3) is 0 Å². The number of amides is 1. The first-order chi connectivity index (χ1) is 10.8. The summed E-state index contributed by atoms with van der Waals surface area (Å²) in [6.45, 7) is 0.318. The van der Waals surface area contributed by atoms with E-state index in [0.717, 1.165) is 5.56 Å². The van der Waals surface area contributed by atoms with Crippen molar-refractivity contribution in [3.8, 4) is 11.8 Å². The van der Waals surface area contributed by atoms with Crippen molar-refractivity contribution >= 4 is 17.7 Å². The number of carbonyl (C=O) groups is 1. The van der Waals surface area contributed by atoms with E-state index in [1.54, 1.807) is 18.2 Å². The fraction of sp³-hybridized carbons (Fsp3) is 0.167. The molecule has 0 radical (unpaired) electrons. The Labute approximate surface area is 134 Å². The molecule has 112 valence electrons. The number of hydrogen-bond acceptors (Lipinski definition) is 2. The Bertz CT molecular complexity index is 676. The Morgan fingerprint density at radius 1 is 1.09 bits per heavy atom. The van der Waals surface area contributed by atoms with Crippen molar-refractivity contribution in [2.45, 2.75) is 11.3 Å². The van der Waals surface area contributed by atoms with Crippen molar-refractivity contribution in [1.82, 2.24) is 5.32 Å². The van der Waals surface area contributed by atoms with Gasteiger partial charge in [0, 0.05) is 22.6 Å². The SMILES string of the molecule is O=C(CCSc1ccccc1F)NCC#Cc1ccccc1. The summed E-state index contributed by atoms with van der Waals surface area (Å²) in [6.07, 6.45) is 0.339. The predicted molar refractivity (Wildman–Crippen MR) is 88.1 cm³/mol. The Hall–Kier alpha value is -2.25. The van der Waals surface area contributed by atoms with Crippen LogP contribution in [0.25, 0.3) is 0 Å². The second-order valence-electron chi connectivity index (χ2n) is 4.47. The molecule has 0 aliphatic heterocycles.